The lowest BCUT2D eigenvalue weighted by molar-refractivity contribution is -0.137. The Kier molecular flexibility index (Phi) is 3.59. The molecule has 0 saturated heterocycles. The Hall–Kier alpha value is -1.39. The zero-order chi connectivity index (χ0) is 13.3. The van der Waals surface area contributed by atoms with Crippen LogP contribution in [-0.4, -0.2) is 10.8 Å². The van der Waals surface area contributed by atoms with E-state index in [4.69, 9.17) is 0 Å². The molecule has 0 aliphatic rings. The maximum Gasteiger partial charge on any atom is 0.417 e. The van der Waals surface area contributed by atoms with Gasteiger partial charge in [0, 0.05) is 23.7 Å². The van der Waals surface area contributed by atoms with E-state index in [1.165, 1.54) is 6.07 Å². The van der Waals surface area contributed by atoms with E-state index in [-0.39, 0.29) is 12.2 Å². The number of hydrogen-bond donors (Lipinski definition) is 0. The fourth-order valence-electron chi connectivity index (χ4n) is 1.13. The Morgan fingerprint density at radius 3 is 2.18 bits per heavy atom. The average Bonchev–Trinajstić information content (AvgIpc) is 2.15. The lowest BCUT2D eigenvalue weighted by Crippen LogP contribution is -2.22. The third-order valence-electron chi connectivity index (χ3n) is 2.33. The molecular formula is C12H14F3NO. The fraction of sp³-hybridized carbons (Fsp3) is 0.500. The molecule has 1 rings (SSSR count). The van der Waals surface area contributed by atoms with E-state index in [0.717, 1.165) is 12.3 Å². The molecule has 0 N–H and O–H groups in total. The van der Waals surface area contributed by atoms with Gasteiger partial charge in [-0.25, -0.2) is 0 Å². The number of rotatable bonds is 2. The summed E-state index contributed by atoms with van der Waals surface area (Å²) in [4.78, 5) is 15.3. The zero-order valence-electron chi connectivity index (χ0n) is 9.93. The molecule has 1 heterocycles. The lowest BCUT2D eigenvalue weighted by Gasteiger charge is -2.16. The Morgan fingerprint density at radius 1 is 1.24 bits per heavy atom. The van der Waals surface area contributed by atoms with Crippen molar-refractivity contribution in [2.24, 2.45) is 5.41 Å². The number of pyridine rings is 1. The fourth-order valence-corrected chi connectivity index (χ4v) is 1.13. The summed E-state index contributed by atoms with van der Waals surface area (Å²) < 4.78 is 36.8. The smallest absolute Gasteiger partial charge is 0.299 e. The summed E-state index contributed by atoms with van der Waals surface area (Å²) in [5.74, 6) is -0.0511. The first-order valence-corrected chi connectivity index (χ1v) is 5.16. The Morgan fingerprint density at radius 2 is 1.82 bits per heavy atom. The van der Waals surface area contributed by atoms with Crippen molar-refractivity contribution in [1.29, 1.82) is 0 Å². The van der Waals surface area contributed by atoms with Crippen LogP contribution in [-0.2, 0) is 17.4 Å². The number of nitrogens with zero attached hydrogens (tertiary/aromatic N) is 1. The molecule has 0 spiro atoms. The standard InChI is InChI=1S/C12H14F3NO/c1-11(2,3)10(17)6-9-5-4-8(7-16-9)12(13,14)15/h4-5,7H,6H2,1-3H3. The summed E-state index contributed by atoms with van der Waals surface area (Å²) in [6, 6.07) is 2.19. The predicted octanol–water partition coefficient (Wildman–Crippen LogP) is 3.26. The van der Waals surface area contributed by atoms with Crippen molar-refractivity contribution in [3.05, 3.63) is 29.6 Å². The first-order chi connectivity index (χ1) is 7.60. The second kappa shape index (κ2) is 4.47. The lowest BCUT2D eigenvalue weighted by atomic mass is 9.88. The molecule has 0 unspecified atom stereocenters. The van der Waals surface area contributed by atoms with Gasteiger partial charge in [-0.15, -0.1) is 0 Å². The van der Waals surface area contributed by atoms with Crippen LogP contribution < -0.4 is 0 Å². The Balaban J connectivity index is 2.80. The van der Waals surface area contributed by atoms with Gasteiger partial charge in [0.05, 0.1) is 5.56 Å². The highest BCUT2D eigenvalue weighted by atomic mass is 19.4. The Bertz CT molecular complexity index is 401. The van der Waals surface area contributed by atoms with Crippen molar-refractivity contribution in [3.8, 4) is 0 Å². The number of halogens is 3. The first-order valence-electron chi connectivity index (χ1n) is 5.16. The van der Waals surface area contributed by atoms with E-state index in [9.17, 15) is 18.0 Å². The minimum atomic E-state index is -4.39. The summed E-state index contributed by atoms with van der Waals surface area (Å²) in [5, 5.41) is 0. The molecule has 94 valence electrons. The highest BCUT2D eigenvalue weighted by Gasteiger charge is 2.30. The number of carbonyl (C=O) groups is 1. The molecule has 17 heavy (non-hydrogen) atoms. The summed E-state index contributed by atoms with van der Waals surface area (Å²) >= 11 is 0. The van der Waals surface area contributed by atoms with Gasteiger partial charge in [-0.2, -0.15) is 13.2 Å². The number of hydrogen-bond acceptors (Lipinski definition) is 2. The van der Waals surface area contributed by atoms with Crippen LogP contribution in [0.3, 0.4) is 0 Å². The van der Waals surface area contributed by atoms with Crippen LogP contribution in [0, 0.1) is 5.41 Å². The second-order valence-corrected chi connectivity index (χ2v) is 4.89. The van der Waals surface area contributed by atoms with Crippen LogP contribution in [0.5, 0.6) is 0 Å². The monoisotopic (exact) mass is 245 g/mol. The van der Waals surface area contributed by atoms with Gasteiger partial charge in [-0.1, -0.05) is 20.8 Å². The van der Waals surface area contributed by atoms with E-state index in [1.807, 2.05) is 0 Å². The van der Waals surface area contributed by atoms with Crippen molar-refractivity contribution in [2.75, 3.05) is 0 Å². The molecule has 0 aliphatic heterocycles. The van der Waals surface area contributed by atoms with Crippen LogP contribution in [0.2, 0.25) is 0 Å². The van der Waals surface area contributed by atoms with Gasteiger partial charge in [0.2, 0.25) is 0 Å². The highest BCUT2D eigenvalue weighted by molar-refractivity contribution is 5.85. The predicted molar refractivity (Wildman–Crippen MR) is 57.4 cm³/mol. The molecule has 0 aromatic carbocycles. The van der Waals surface area contributed by atoms with Crippen LogP contribution >= 0.6 is 0 Å². The van der Waals surface area contributed by atoms with Crippen molar-refractivity contribution < 1.29 is 18.0 Å². The van der Waals surface area contributed by atoms with Crippen molar-refractivity contribution in [2.45, 2.75) is 33.4 Å². The van der Waals surface area contributed by atoms with Gasteiger partial charge in [-0.05, 0) is 12.1 Å². The van der Waals surface area contributed by atoms with E-state index >= 15 is 0 Å². The molecule has 0 amide bonds. The van der Waals surface area contributed by atoms with Crippen LogP contribution in [0.25, 0.3) is 0 Å². The van der Waals surface area contributed by atoms with Gasteiger partial charge in [0.1, 0.15) is 5.78 Å². The number of ketones is 1. The molecule has 1 aromatic rings. The number of carbonyl (C=O) groups excluding carboxylic acids is 1. The van der Waals surface area contributed by atoms with Crippen LogP contribution in [0.15, 0.2) is 18.3 Å². The normalized spacial score (nSPS) is 12.6. The zero-order valence-corrected chi connectivity index (χ0v) is 9.93. The molecule has 0 aliphatic carbocycles. The van der Waals surface area contributed by atoms with Crippen molar-refractivity contribution >= 4 is 5.78 Å². The van der Waals surface area contributed by atoms with Crippen LogP contribution in [0.1, 0.15) is 32.0 Å². The molecular weight excluding hydrogens is 231 g/mol. The summed E-state index contributed by atoms with van der Waals surface area (Å²) in [7, 11) is 0. The molecule has 0 saturated carbocycles. The van der Waals surface area contributed by atoms with E-state index in [1.54, 1.807) is 20.8 Å². The first kappa shape index (κ1) is 13.7. The number of Topliss-reactive ketones (excluding diaryl/α,β-unsaturated/α-hetero) is 1. The maximum absolute atomic E-state index is 12.3. The molecule has 0 atom stereocenters. The number of alkyl halides is 3. The van der Waals surface area contributed by atoms with E-state index in [2.05, 4.69) is 4.98 Å². The SMILES string of the molecule is CC(C)(C)C(=O)Cc1ccc(C(F)(F)F)cn1. The summed E-state index contributed by atoms with van der Waals surface area (Å²) in [6.45, 7) is 5.29. The minimum absolute atomic E-state index is 0.0511. The average molecular weight is 245 g/mol. The third kappa shape index (κ3) is 3.84. The van der Waals surface area contributed by atoms with Crippen molar-refractivity contribution in [1.82, 2.24) is 4.98 Å². The van der Waals surface area contributed by atoms with E-state index < -0.39 is 17.2 Å². The quantitative estimate of drug-likeness (QED) is 0.800. The molecule has 2 nitrogen and oxygen atoms in total. The van der Waals surface area contributed by atoms with Gasteiger partial charge < -0.3 is 0 Å². The second-order valence-electron chi connectivity index (χ2n) is 4.89. The number of aromatic nitrogens is 1. The molecule has 0 radical (unpaired) electrons. The molecule has 5 heteroatoms. The Labute approximate surface area is 97.9 Å². The molecule has 0 bridgehead atoms. The third-order valence-corrected chi connectivity index (χ3v) is 2.33. The van der Waals surface area contributed by atoms with Crippen molar-refractivity contribution in [3.63, 3.8) is 0 Å². The van der Waals surface area contributed by atoms with Gasteiger partial charge in [0.25, 0.3) is 0 Å². The van der Waals surface area contributed by atoms with Crippen LogP contribution in [0.4, 0.5) is 13.2 Å². The van der Waals surface area contributed by atoms with E-state index in [0.29, 0.717) is 5.69 Å². The molecule has 1 aromatic heterocycles. The highest BCUT2D eigenvalue weighted by Crippen LogP contribution is 2.28. The van der Waals surface area contributed by atoms with Gasteiger partial charge >= 0.3 is 6.18 Å². The minimum Gasteiger partial charge on any atom is -0.299 e. The maximum atomic E-state index is 12.3. The van der Waals surface area contributed by atoms with Gasteiger partial charge in [0.15, 0.2) is 0 Å². The largest absolute Gasteiger partial charge is 0.417 e. The van der Waals surface area contributed by atoms with Gasteiger partial charge in [-0.3, -0.25) is 9.78 Å². The summed E-state index contributed by atoms with van der Waals surface area (Å²) in [6.07, 6.45) is -3.58. The summed E-state index contributed by atoms with van der Waals surface area (Å²) in [5.41, 5.74) is -0.952. The molecule has 0 fully saturated rings. The topological polar surface area (TPSA) is 30.0 Å².